The number of aryl methyl sites for hydroxylation is 2. The van der Waals surface area contributed by atoms with Crippen LogP contribution in [0.2, 0.25) is 5.02 Å². The predicted octanol–water partition coefficient (Wildman–Crippen LogP) is 5.87. The Morgan fingerprint density at radius 1 is 1.04 bits per heavy atom. The number of hydrogen-bond acceptors (Lipinski definition) is 2. The molecule has 3 nitrogen and oxygen atoms in total. The van der Waals surface area contributed by atoms with Gasteiger partial charge in [-0.05, 0) is 74.6 Å². The molecule has 0 atom stereocenters. The molecule has 1 fully saturated rings. The van der Waals surface area contributed by atoms with Gasteiger partial charge in [0.15, 0.2) is 0 Å². The van der Waals surface area contributed by atoms with Gasteiger partial charge in [0.25, 0.3) is 0 Å². The van der Waals surface area contributed by atoms with E-state index in [9.17, 15) is 0 Å². The molecule has 0 saturated carbocycles. The van der Waals surface area contributed by atoms with Crippen molar-refractivity contribution >= 4 is 35.0 Å². The molecule has 3 rings (SSSR count). The van der Waals surface area contributed by atoms with Crippen LogP contribution in [0.1, 0.15) is 30.4 Å². The molecule has 2 aromatic rings. The summed E-state index contributed by atoms with van der Waals surface area (Å²) in [5, 5.41) is 0.751. The van der Waals surface area contributed by atoms with Gasteiger partial charge in [-0.2, -0.15) is 0 Å². The minimum atomic E-state index is 0.751. The van der Waals surface area contributed by atoms with E-state index in [2.05, 4.69) is 48.9 Å². The van der Waals surface area contributed by atoms with E-state index in [4.69, 9.17) is 16.6 Å². The summed E-state index contributed by atoms with van der Waals surface area (Å²) in [7, 11) is 2.07. The second kappa shape index (κ2) is 7.92. The van der Waals surface area contributed by atoms with E-state index in [1.54, 1.807) is 0 Å². The monoisotopic (exact) mass is 355 g/mol. The molecule has 0 radical (unpaired) electrons. The predicted molar refractivity (Wildman–Crippen MR) is 109 cm³/mol. The van der Waals surface area contributed by atoms with E-state index < -0.39 is 0 Å². The molecule has 4 heteroatoms. The van der Waals surface area contributed by atoms with Crippen LogP contribution in [0, 0.1) is 13.8 Å². The summed E-state index contributed by atoms with van der Waals surface area (Å²) in [6.07, 6.45) is 5.90. The fourth-order valence-corrected chi connectivity index (χ4v) is 3.47. The number of hydrogen-bond donors (Lipinski definition) is 0. The molecule has 1 heterocycles. The first kappa shape index (κ1) is 17.8. The topological polar surface area (TPSA) is 18.8 Å². The van der Waals surface area contributed by atoms with Crippen molar-refractivity contribution in [2.45, 2.75) is 33.1 Å². The Morgan fingerprint density at radius 3 is 2.52 bits per heavy atom. The maximum Gasteiger partial charge on any atom is 0.0912 e. The molecule has 1 aliphatic rings. The van der Waals surface area contributed by atoms with Crippen LogP contribution in [-0.2, 0) is 0 Å². The van der Waals surface area contributed by atoms with E-state index >= 15 is 0 Å². The molecule has 25 heavy (non-hydrogen) atoms. The number of nitrogens with zero attached hydrogens (tertiary/aromatic N) is 3. The average molecular weight is 356 g/mol. The summed E-state index contributed by atoms with van der Waals surface area (Å²) >= 11 is 6.14. The summed E-state index contributed by atoms with van der Waals surface area (Å²) in [6.45, 7) is 6.50. The van der Waals surface area contributed by atoms with Gasteiger partial charge in [0.05, 0.1) is 12.0 Å². The molecule has 0 spiro atoms. The maximum absolute atomic E-state index is 6.14. The number of likely N-dealkylation sites (tertiary alicyclic amines) is 1. The van der Waals surface area contributed by atoms with Crippen LogP contribution >= 0.6 is 11.6 Å². The SMILES string of the molecule is Cc1cc(N(C)c2cccc(Cl)c2)c(C)cc1/N=C/N1CCCCC1. The molecule has 2 aromatic carbocycles. The summed E-state index contributed by atoms with van der Waals surface area (Å²) in [6, 6.07) is 12.3. The van der Waals surface area contributed by atoms with Crippen molar-refractivity contribution in [3.05, 3.63) is 52.5 Å². The van der Waals surface area contributed by atoms with Crippen LogP contribution in [-0.4, -0.2) is 31.4 Å². The van der Waals surface area contributed by atoms with Crippen LogP contribution in [0.4, 0.5) is 17.1 Å². The highest BCUT2D eigenvalue weighted by Gasteiger charge is 2.11. The van der Waals surface area contributed by atoms with Crippen molar-refractivity contribution in [2.24, 2.45) is 4.99 Å². The number of anilines is 2. The molecular formula is C21H26ClN3. The van der Waals surface area contributed by atoms with Crippen molar-refractivity contribution < 1.29 is 0 Å². The van der Waals surface area contributed by atoms with Gasteiger partial charge in [-0.3, -0.25) is 0 Å². The smallest absolute Gasteiger partial charge is 0.0912 e. The first-order chi connectivity index (χ1) is 12.0. The zero-order valence-corrected chi connectivity index (χ0v) is 16.1. The highest BCUT2D eigenvalue weighted by Crippen LogP contribution is 2.33. The van der Waals surface area contributed by atoms with Gasteiger partial charge in [0.2, 0.25) is 0 Å². The van der Waals surface area contributed by atoms with Gasteiger partial charge in [0.1, 0.15) is 0 Å². The fourth-order valence-electron chi connectivity index (χ4n) is 3.29. The summed E-state index contributed by atoms with van der Waals surface area (Å²) in [5.74, 6) is 0. The molecule has 0 N–H and O–H groups in total. The summed E-state index contributed by atoms with van der Waals surface area (Å²) in [4.78, 5) is 9.24. The minimum absolute atomic E-state index is 0.751. The third kappa shape index (κ3) is 4.35. The van der Waals surface area contributed by atoms with E-state index in [1.807, 2.05) is 24.5 Å². The largest absolute Gasteiger partial charge is 0.363 e. The average Bonchev–Trinajstić information content (AvgIpc) is 2.62. The molecule has 0 unspecified atom stereocenters. The van der Waals surface area contributed by atoms with Gasteiger partial charge in [-0.1, -0.05) is 17.7 Å². The number of aliphatic imine (C=N–C) groups is 1. The van der Waals surface area contributed by atoms with Gasteiger partial charge < -0.3 is 9.80 Å². The Balaban J connectivity index is 1.83. The van der Waals surface area contributed by atoms with Crippen LogP contribution < -0.4 is 4.90 Å². The van der Waals surface area contributed by atoms with E-state index in [0.717, 1.165) is 29.5 Å². The number of halogens is 1. The van der Waals surface area contributed by atoms with Gasteiger partial charge in [-0.15, -0.1) is 0 Å². The Kier molecular flexibility index (Phi) is 5.64. The van der Waals surface area contributed by atoms with Gasteiger partial charge >= 0.3 is 0 Å². The highest BCUT2D eigenvalue weighted by atomic mass is 35.5. The molecule has 132 valence electrons. The second-order valence-corrected chi connectivity index (χ2v) is 7.24. The van der Waals surface area contributed by atoms with Gasteiger partial charge in [0, 0.05) is 36.5 Å². The van der Waals surface area contributed by atoms with Crippen molar-refractivity contribution in [1.29, 1.82) is 0 Å². The van der Waals surface area contributed by atoms with Gasteiger partial charge in [-0.25, -0.2) is 4.99 Å². The molecule has 0 aromatic heterocycles. The highest BCUT2D eigenvalue weighted by molar-refractivity contribution is 6.30. The van der Waals surface area contributed by atoms with Crippen molar-refractivity contribution in [1.82, 2.24) is 4.90 Å². The minimum Gasteiger partial charge on any atom is -0.363 e. The first-order valence-electron chi connectivity index (χ1n) is 8.93. The lowest BCUT2D eigenvalue weighted by Gasteiger charge is -2.24. The standard InChI is InChI=1S/C21H26ClN3/c1-16-13-21(24(3)19-9-7-8-18(22)14-19)17(2)12-20(16)23-15-25-10-5-4-6-11-25/h7-9,12-15H,4-6,10-11H2,1-3H3/b23-15+. The molecule has 1 aliphatic heterocycles. The van der Waals surface area contributed by atoms with E-state index in [-0.39, 0.29) is 0 Å². The first-order valence-corrected chi connectivity index (χ1v) is 9.31. The quantitative estimate of drug-likeness (QED) is 0.504. The zero-order chi connectivity index (χ0) is 17.8. The van der Waals surface area contributed by atoms with E-state index in [0.29, 0.717) is 0 Å². The molecule has 0 aliphatic carbocycles. The van der Waals surface area contributed by atoms with Crippen molar-refractivity contribution in [3.63, 3.8) is 0 Å². The van der Waals surface area contributed by atoms with Crippen LogP contribution in [0.3, 0.4) is 0 Å². The molecular weight excluding hydrogens is 330 g/mol. The van der Waals surface area contributed by atoms with Crippen LogP contribution in [0.25, 0.3) is 0 Å². The van der Waals surface area contributed by atoms with E-state index in [1.165, 1.54) is 36.1 Å². The Hall–Kier alpha value is -2.00. The number of benzene rings is 2. The Bertz CT molecular complexity index is 764. The Morgan fingerprint density at radius 2 is 1.80 bits per heavy atom. The normalized spacial score (nSPS) is 15.0. The lowest BCUT2D eigenvalue weighted by atomic mass is 10.1. The number of piperidine rings is 1. The molecule has 1 saturated heterocycles. The number of rotatable bonds is 4. The maximum atomic E-state index is 6.14. The lowest BCUT2D eigenvalue weighted by molar-refractivity contribution is 0.351. The second-order valence-electron chi connectivity index (χ2n) is 6.81. The van der Waals surface area contributed by atoms with Crippen molar-refractivity contribution in [3.8, 4) is 0 Å². The summed E-state index contributed by atoms with van der Waals surface area (Å²) in [5.41, 5.74) is 5.70. The Labute approximate surface area is 155 Å². The third-order valence-electron chi connectivity index (χ3n) is 4.82. The zero-order valence-electron chi connectivity index (χ0n) is 15.3. The third-order valence-corrected chi connectivity index (χ3v) is 5.06. The molecule has 0 bridgehead atoms. The molecule has 0 amide bonds. The van der Waals surface area contributed by atoms with Crippen LogP contribution in [0.5, 0.6) is 0 Å². The fraction of sp³-hybridized carbons (Fsp3) is 0.381. The van der Waals surface area contributed by atoms with Crippen molar-refractivity contribution in [2.75, 3.05) is 25.0 Å². The lowest BCUT2D eigenvalue weighted by Crippen LogP contribution is -2.28. The van der Waals surface area contributed by atoms with Crippen LogP contribution in [0.15, 0.2) is 41.4 Å². The summed E-state index contributed by atoms with van der Waals surface area (Å²) < 4.78 is 0.